The van der Waals surface area contributed by atoms with E-state index >= 15 is 0 Å². The van der Waals surface area contributed by atoms with E-state index in [0.29, 0.717) is 6.54 Å². The summed E-state index contributed by atoms with van der Waals surface area (Å²) < 4.78 is 38.1. The average Bonchev–Trinajstić information content (AvgIpc) is 2.90. The molecule has 24 heavy (non-hydrogen) atoms. The molecule has 1 heterocycles. The van der Waals surface area contributed by atoms with E-state index in [9.17, 15) is 22.8 Å². The lowest BCUT2D eigenvalue weighted by Crippen LogP contribution is -2.36. The minimum absolute atomic E-state index is 0.0760. The first-order valence-electron chi connectivity index (χ1n) is 8.03. The maximum absolute atomic E-state index is 12.7. The summed E-state index contributed by atoms with van der Waals surface area (Å²) in [5, 5.41) is 2.49. The molecule has 0 radical (unpaired) electrons. The molecule has 1 saturated heterocycles. The van der Waals surface area contributed by atoms with E-state index in [1.807, 2.05) is 13.8 Å². The molecule has 1 unspecified atom stereocenters. The highest BCUT2D eigenvalue weighted by Crippen LogP contribution is 2.31. The molecule has 2 rings (SSSR count). The van der Waals surface area contributed by atoms with Crippen LogP contribution in [0.2, 0.25) is 0 Å². The maximum atomic E-state index is 12.7. The Morgan fingerprint density at radius 2 is 2.00 bits per heavy atom. The van der Waals surface area contributed by atoms with Crippen molar-refractivity contribution < 1.29 is 22.8 Å². The van der Waals surface area contributed by atoms with E-state index in [1.54, 1.807) is 4.90 Å². The summed E-state index contributed by atoms with van der Waals surface area (Å²) in [6, 6.07) is 4.60. The minimum Gasteiger partial charge on any atom is -0.339 e. The molecule has 2 amide bonds. The van der Waals surface area contributed by atoms with Crippen LogP contribution in [-0.4, -0.2) is 29.3 Å². The zero-order valence-electron chi connectivity index (χ0n) is 13.7. The largest absolute Gasteiger partial charge is 0.416 e. The Kier molecular flexibility index (Phi) is 5.51. The molecule has 1 aromatic carbocycles. The van der Waals surface area contributed by atoms with Gasteiger partial charge in [0, 0.05) is 24.7 Å². The van der Waals surface area contributed by atoms with Gasteiger partial charge < -0.3 is 10.2 Å². The Labute approximate surface area is 139 Å². The molecule has 4 nitrogen and oxygen atoms in total. The smallest absolute Gasteiger partial charge is 0.339 e. The third kappa shape index (κ3) is 4.07. The summed E-state index contributed by atoms with van der Waals surface area (Å²) in [4.78, 5) is 26.1. The molecule has 1 atom stereocenters. The predicted octanol–water partition coefficient (Wildman–Crippen LogP) is 3.68. The first-order valence-corrected chi connectivity index (χ1v) is 8.03. The van der Waals surface area contributed by atoms with Gasteiger partial charge in [0.05, 0.1) is 11.5 Å². The molecule has 0 bridgehead atoms. The Morgan fingerprint density at radius 3 is 2.58 bits per heavy atom. The van der Waals surface area contributed by atoms with E-state index < -0.39 is 23.6 Å². The quantitative estimate of drug-likeness (QED) is 0.887. The second-order valence-corrected chi connectivity index (χ2v) is 5.99. The summed E-state index contributed by atoms with van der Waals surface area (Å²) in [5.74, 6) is -1.03. The fourth-order valence-corrected chi connectivity index (χ4v) is 3.01. The molecule has 1 fully saturated rings. The van der Waals surface area contributed by atoms with Gasteiger partial charge in [0.15, 0.2) is 0 Å². The van der Waals surface area contributed by atoms with Crippen LogP contribution in [0.15, 0.2) is 24.3 Å². The highest BCUT2D eigenvalue weighted by Gasteiger charge is 2.37. The van der Waals surface area contributed by atoms with Crippen molar-refractivity contribution in [2.45, 2.75) is 45.3 Å². The number of carbonyl (C=O) groups is 2. The maximum Gasteiger partial charge on any atom is 0.416 e. The number of amides is 2. The van der Waals surface area contributed by atoms with Gasteiger partial charge in [-0.1, -0.05) is 19.9 Å². The fraction of sp³-hybridized carbons (Fsp3) is 0.529. The number of rotatable bonds is 5. The zero-order chi connectivity index (χ0) is 17.9. The second-order valence-electron chi connectivity index (χ2n) is 5.99. The topological polar surface area (TPSA) is 49.4 Å². The lowest BCUT2D eigenvalue weighted by atomic mass is 10.1. The molecule has 1 aromatic rings. The van der Waals surface area contributed by atoms with Crippen LogP contribution in [0.3, 0.4) is 0 Å². The van der Waals surface area contributed by atoms with Gasteiger partial charge in [-0.25, -0.2) is 0 Å². The summed E-state index contributed by atoms with van der Waals surface area (Å²) in [5.41, 5.74) is -0.732. The number of hydrogen-bond donors (Lipinski definition) is 1. The van der Waals surface area contributed by atoms with Crippen LogP contribution in [0.1, 0.15) is 38.7 Å². The van der Waals surface area contributed by atoms with Crippen molar-refractivity contribution in [1.29, 1.82) is 0 Å². The number of halogens is 3. The van der Waals surface area contributed by atoms with E-state index in [-0.39, 0.29) is 24.1 Å². The number of benzene rings is 1. The number of hydrogen-bond acceptors (Lipinski definition) is 2. The second kappa shape index (κ2) is 7.23. The van der Waals surface area contributed by atoms with Gasteiger partial charge >= 0.3 is 6.18 Å². The lowest BCUT2D eigenvalue weighted by Gasteiger charge is -2.26. The van der Waals surface area contributed by atoms with Gasteiger partial charge in [-0.05, 0) is 31.0 Å². The molecular formula is C17H21F3N2O2. The molecule has 1 N–H and O–H groups in total. The van der Waals surface area contributed by atoms with Crippen molar-refractivity contribution in [3.05, 3.63) is 29.8 Å². The van der Waals surface area contributed by atoms with Crippen LogP contribution in [0.25, 0.3) is 0 Å². The van der Waals surface area contributed by atoms with Crippen molar-refractivity contribution >= 4 is 17.5 Å². The zero-order valence-corrected chi connectivity index (χ0v) is 13.7. The van der Waals surface area contributed by atoms with E-state index in [4.69, 9.17) is 0 Å². The Bertz CT molecular complexity index is 612. The van der Waals surface area contributed by atoms with E-state index in [1.165, 1.54) is 12.1 Å². The summed E-state index contributed by atoms with van der Waals surface area (Å²) >= 11 is 0. The van der Waals surface area contributed by atoms with E-state index in [0.717, 1.165) is 25.0 Å². The molecule has 1 aliphatic heterocycles. The van der Waals surface area contributed by atoms with E-state index in [2.05, 4.69) is 5.32 Å². The summed E-state index contributed by atoms with van der Waals surface area (Å²) in [6.07, 6.45) is -2.74. The van der Waals surface area contributed by atoms with Gasteiger partial charge in [-0.3, -0.25) is 9.59 Å². The average molecular weight is 342 g/mol. The highest BCUT2D eigenvalue weighted by atomic mass is 19.4. The molecule has 0 spiro atoms. The van der Waals surface area contributed by atoms with Crippen LogP contribution in [0.5, 0.6) is 0 Å². The predicted molar refractivity (Wildman–Crippen MR) is 84.3 cm³/mol. The molecular weight excluding hydrogens is 321 g/mol. The van der Waals surface area contributed by atoms with Gasteiger partial charge in [0.1, 0.15) is 0 Å². The van der Waals surface area contributed by atoms with Crippen molar-refractivity contribution in [3.8, 4) is 0 Å². The summed E-state index contributed by atoms with van der Waals surface area (Å²) in [7, 11) is 0. The normalized spacial score (nSPS) is 18.3. The number of nitrogens with one attached hydrogen (secondary N) is 1. The first kappa shape index (κ1) is 18.3. The number of carbonyl (C=O) groups excluding carboxylic acids is 2. The highest BCUT2D eigenvalue weighted by molar-refractivity contribution is 5.97. The Hall–Kier alpha value is -2.05. The van der Waals surface area contributed by atoms with Gasteiger partial charge in [-0.2, -0.15) is 13.2 Å². The standard InChI is InChI=1S/C17H21F3N2O2/c1-3-14(4-2)22-10-11(8-15(22)23)16(24)21-13-7-5-6-12(9-13)17(18,19)20/h5-7,9,11,14H,3-4,8,10H2,1-2H3,(H,21,24). The third-order valence-electron chi connectivity index (χ3n) is 4.37. The molecule has 1 aliphatic rings. The fourth-order valence-electron chi connectivity index (χ4n) is 3.01. The molecule has 0 saturated carbocycles. The van der Waals surface area contributed by atoms with Crippen molar-refractivity contribution in [3.63, 3.8) is 0 Å². The number of likely N-dealkylation sites (tertiary alicyclic amines) is 1. The summed E-state index contributed by atoms with van der Waals surface area (Å²) in [6.45, 7) is 4.28. The van der Waals surface area contributed by atoms with Gasteiger partial charge in [0.25, 0.3) is 0 Å². The minimum atomic E-state index is -4.46. The molecule has 0 aliphatic carbocycles. The SMILES string of the molecule is CCC(CC)N1CC(C(=O)Nc2cccc(C(F)(F)F)c2)CC1=O. The monoisotopic (exact) mass is 342 g/mol. The number of nitrogens with zero attached hydrogens (tertiary/aromatic N) is 1. The Morgan fingerprint density at radius 1 is 1.33 bits per heavy atom. The first-order chi connectivity index (χ1) is 11.3. The van der Waals surface area contributed by atoms with Gasteiger partial charge in [-0.15, -0.1) is 0 Å². The van der Waals surface area contributed by atoms with Crippen molar-refractivity contribution in [2.75, 3.05) is 11.9 Å². The molecule has 7 heteroatoms. The Balaban J connectivity index is 2.05. The van der Waals surface area contributed by atoms with Crippen LogP contribution >= 0.6 is 0 Å². The molecule has 0 aromatic heterocycles. The van der Waals surface area contributed by atoms with Crippen molar-refractivity contribution in [1.82, 2.24) is 4.90 Å². The number of alkyl halides is 3. The van der Waals surface area contributed by atoms with Crippen LogP contribution < -0.4 is 5.32 Å². The number of anilines is 1. The van der Waals surface area contributed by atoms with Crippen LogP contribution in [0.4, 0.5) is 18.9 Å². The third-order valence-corrected chi connectivity index (χ3v) is 4.37. The van der Waals surface area contributed by atoms with Gasteiger partial charge in [0.2, 0.25) is 11.8 Å². The van der Waals surface area contributed by atoms with Crippen LogP contribution in [-0.2, 0) is 15.8 Å². The molecule has 132 valence electrons. The van der Waals surface area contributed by atoms with Crippen LogP contribution in [0, 0.1) is 5.92 Å². The van der Waals surface area contributed by atoms with Crippen molar-refractivity contribution in [2.24, 2.45) is 5.92 Å². The lowest BCUT2D eigenvalue weighted by molar-refractivity contribution is -0.137.